The molecule has 1 aromatic rings. The average molecular weight is 305 g/mol. The minimum Gasteiger partial charge on any atom is -0.383 e. The van der Waals surface area contributed by atoms with Crippen LogP contribution in [-0.2, 0) is 21.4 Å². The van der Waals surface area contributed by atoms with Crippen LogP contribution in [0.3, 0.4) is 0 Å². The molecule has 0 saturated carbocycles. The predicted molar refractivity (Wildman–Crippen MR) is 74.3 cm³/mol. The first-order valence-electron chi connectivity index (χ1n) is 6.27. The van der Waals surface area contributed by atoms with E-state index in [1.165, 1.54) is 15.6 Å². The molecule has 1 aliphatic rings. The molecule has 1 atom stereocenters. The van der Waals surface area contributed by atoms with Crippen LogP contribution in [-0.4, -0.2) is 50.6 Å². The summed E-state index contributed by atoms with van der Waals surface area (Å²) in [5.74, 6) is 0. The van der Waals surface area contributed by atoms with Crippen molar-refractivity contribution in [2.24, 2.45) is 0 Å². The van der Waals surface area contributed by atoms with E-state index in [4.69, 9.17) is 4.74 Å². The van der Waals surface area contributed by atoms with Crippen molar-refractivity contribution in [2.75, 3.05) is 26.8 Å². The molecule has 0 aliphatic carbocycles. The Balaban J connectivity index is 1.87. The monoisotopic (exact) mass is 305 g/mol. The number of nitrogens with zero attached hydrogens (tertiary/aromatic N) is 2. The number of hydrogen-bond donors (Lipinski definition) is 1. The molecule has 1 N–H and O–H groups in total. The molecule has 1 aliphatic heterocycles. The molecule has 1 aromatic heterocycles. The number of methoxy groups -OCH3 is 1. The second kappa shape index (κ2) is 6.76. The smallest absolute Gasteiger partial charge is 0.279 e. The van der Waals surface area contributed by atoms with Gasteiger partial charge in [-0.2, -0.15) is 12.7 Å². The van der Waals surface area contributed by atoms with Gasteiger partial charge in [0.1, 0.15) is 0 Å². The maximum atomic E-state index is 12.2. The fraction of sp³-hybridized carbons (Fsp3) is 0.727. The normalized spacial score (nSPS) is 21.0. The van der Waals surface area contributed by atoms with Gasteiger partial charge in [0, 0.05) is 44.2 Å². The highest BCUT2D eigenvalue weighted by molar-refractivity contribution is 7.87. The number of ether oxygens (including phenoxy) is 1. The zero-order valence-electron chi connectivity index (χ0n) is 10.9. The Morgan fingerprint density at radius 2 is 2.47 bits per heavy atom. The van der Waals surface area contributed by atoms with Crippen molar-refractivity contribution in [3.8, 4) is 0 Å². The molecule has 1 saturated heterocycles. The molecule has 8 heteroatoms. The second-order valence-electron chi connectivity index (χ2n) is 4.44. The third-order valence-corrected chi connectivity index (χ3v) is 5.60. The molecule has 0 spiro atoms. The molecule has 0 aromatic carbocycles. The van der Waals surface area contributed by atoms with Crippen molar-refractivity contribution in [3.63, 3.8) is 0 Å². The highest BCUT2D eigenvalue weighted by atomic mass is 32.2. The van der Waals surface area contributed by atoms with Crippen LogP contribution in [0.2, 0.25) is 0 Å². The lowest BCUT2D eigenvalue weighted by Crippen LogP contribution is -2.45. The minimum absolute atomic E-state index is 0.0395. The summed E-state index contributed by atoms with van der Waals surface area (Å²) in [7, 11) is -1.81. The SMILES string of the molecule is COCC1CCCN1S(=O)(=O)NCCc1nccs1. The van der Waals surface area contributed by atoms with E-state index in [0.29, 0.717) is 26.1 Å². The topological polar surface area (TPSA) is 71.5 Å². The van der Waals surface area contributed by atoms with Gasteiger partial charge in [-0.1, -0.05) is 0 Å². The summed E-state index contributed by atoms with van der Waals surface area (Å²) in [6, 6.07) is -0.0395. The summed E-state index contributed by atoms with van der Waals surface area (Å²) in [6.07, 6.45) is 4.10. The van der Waals surface area contributed by atoms with E-state index in [9.17, 15) is 8.42 Å². The van der Waals surface area contributed by atoms with Gasteiger partial charge in [-0.25, -0.2) is 9.71 Å². The van der Waals surface area contributed by atoms with Crippen molar-refractivity contribution < 1.29 is 13.2 Å². The highest BCUT2D eigenvalue weighted by Crippen LogP contribution is 2.20. The first kappa shape index (κ1) is 14.9. The van der Waals surface area contributed by atoms with Gasteiger partial charge in [-0.05, 0) is 12.8 Å². The quantitative estimate of drug-likeness (QED) is 0.802. The Morgan fingerprint density at radius 1 is 1.63 bits per heavy atom. The number of aromatic nitrogens is 1. The van der Waals surface area contributed by atoms with Gasteiger partial charge in [0.2, 0.25) is 0 Å². The van der Waals surface area contributed by atoms with Crippen LogP contribution < -0.4 is 4.72 Å². The highest BCUT2D eigenvalue weighted by Gasteiger charge is 2.33. The Labute approximate surface area is 118 Å². The molecule has 2 rings (SSSR count). The van der Waals surface area contributed by atoms with Crippen LogP contribution in [0.5, 0.6) is 0 Å². The molecular formula is C11H19N3O3S2. The van der Waals surface area contributed by atoms with Crippen LogP contribution in [0.25, 0.3) is 0 Å². The molecule has 108 valence electrons. The van der Waals surface area contributed by atoms with Crippen molar-refractivity contribution in [3.05, 3.63) is 16.6 Å². The Hall–Kier alpha value is -0.540. The molecule has 1 fully saturated rings. The summed E-state index contributed by atoms with van der Waals surface area (Å²) in [6.45, 7) is 1.40. The predicted octanol–water partition coefficient (Wildman–Crippen LogP) is 0.631. The fourth-order valence-corrected chi connectivity index (χ4v) is 4.31. The molecular weight excluding hydrogens is 286 g/mol. The van der Waals surface area contributed by atoms with Crippen molar-refractivity contribution in [2.45, 2.75) is 25.3 Å². The van der Waals surface area contributed by atoms with E-state index in [0.717, 1.165) is 17.8 Å². The van der Waals surface area contributed by atoms with E-state index in [1.807, 2.05) is 5.38 Å². The Kier molecular flexibility index (Phi) is 5.28. The fourth-order valence-electron chi connectivity index (χ4n) is 2.23. The minimum atomic E-state index is -3.40. The summed E-state index contributed by atoms with van der Waals surface area (Å²) in [5, 5.41) is 2.83. The molecule has 6 nitrogen and oxygen atoms in total. The van der Waals surface area contributed by atoms with Crippen LogP contribution >= 0.6 is 11.3 Å². The van der Waals surface area contributed by atoms with Gasteiger partial charge in [0.05, 0.1) is 11.6 Å². The second-order valence-corrected chi connectivity index (χ2v) is 7.12. The number of nitrogens with one attached hydrogen (secondary N) is 1. The zero-order chi connectivity index (χ0) is 13.7. The summed E-state index contributed by atoms with van der Waals surface area (Å²) in [4.78, 5) is 4.13. The summed E-state index contributed by atoms with van der Waals surface area (Å²) < 4.78 is 33.6. The lowest BCUT2D eigenvalue weighted by molar-refractivity contribution is 0.148. The van der Waals surface area contributed by atoms with Gasteiger partial charge in [0.15, 0.2) is 0 Å². The average Bonchev–Trinajstić information content (AvgIpc) is 3.00. The molecule has 2 heterocycles. The van der Waals surface area contributed by atoms with E-state index in [-0.39, 0.29) is 6.04 Å². The van der Waals surface area contributed by atoms with Crippen LogP contribution in [0.1, 0.15) is 17.8 Å². The maximum Gasteiger partial charge on any atom is 0.279 e. The first-order chi connectivity index (χ1) is 9.13. The molecule has 0 bridgehead atoms. The number of hydrogen-bond acceptors (Lipinski definition) is 5. The third-order valence-electron chi connectivity index (χ3n) is 3.10. The number of rotatable bonds is 7. The molecule has 0 amide bonds. The molecule has 0 radical (unpaired) electrons. The summed E-state index contributed by atoms with van der Waals surface area (Å²) in [5.41, 5.74) is 0. The van der Waals surface area contributed by atoms with Crippen LogP contribution in [0, 0.1) is 0 Å². The standard InChI is InChI=1S/C11H19N3O3S2/c1-17-9-10-3-2-7-14(10)19(15,16)13-5-4-11-12-6-8-18-11/h6,8,10,13H,2-5,7,9H2,1H3. The molecule has 19 heavy (non-hydrogen) atoms. The van der Waals surface area contributed by atoms with Crippen LogP contribution in [0.15, 0.2) is 11.6 Å². The van der Waals surface area contributed by atoms with Gasteiger partial charge in [0.25, 0.3) is 10.2 Å². The number of thiazole rings is 1. The van der Waals surface area contributed by atoms with E-state index in [1.54, 1.807) is 13.3 Å². The van der Waals surface area contributed by atoms with Crippen molar-refractivity contribution in [1.29, 1.82) is 0 Å². The Morgan fingerprint density at radius 3 is 3.16 bits per heavy atom. The van der Waals surface area contributed by atoms with E-state index < -0.39 is 10.2 Å². The molecule has 1 unspecified atom stereocenters. The van der Waals surface area contributed by atoms with Crippen LogP contribution in [0.4, 0.5) is 0 Å². The van der Waals surface area contributed by atoms with Crippen molar-refractivity contribution in [1.82, 2.24) is 14.0 Å². The Bertz CT molecular complexity index is 475. The maximum absolute atomic E-state index is 12.2. The van der Waals surface area contributed by atoms with Gasteiger partial charge in [-0.15, -0.1) is 11.3 Å². The summed E-state index contributed by atoms with van der Waals surface area (Å²) >= 11 is 1.53. The first-order valence-corrected chi connectivity index (χ1v) is 8.59. The van der Waals surface area contributed by atoms with Gasteiger partial charge < -0.3 is 4.74 Å². The lowest BCUT2D eigenvalue weighted by Gasteiger charge is -2.23. The van der Waals surface area contributed by atoms with Gasteiger partial charge >= 0.3 is 0 Å². The largest absolute Gasteiger partial charge is 0.383 e. The third kappa shape index (κ3) is 3.96. The van der Waals surface area contributed by atoms with E-state index in [2.05, 4.69) is 9.71 Å². The van der Waals surface area contributed by atoms with E-state index >= 15 is 0 Å². The van der Waals surface area contributed by atoms with Crippen molar-refractivity contribution >= 4 is 21.5 Å². The van der Waals surface area contributed by atoms with Gasteiger partial charge in [-0.3, -0.25) is 0 Å². The lowest BCUT2D eigenvalue weighted by atomic mass is 10.2. The zero-order valence-corrected chi connectivity index (χ0v) is 12.5.